The number of nitrogens with one attached hydrogen (secondary N) is 3. The molecule has 0 unspecified atom stereocenters. The lowest BCUT2D eigenvalue weighted by Gasteiger charge is -2.18. The van der Waals surface area contributed by atoms with E-state index < -0.39 is 16.1 Å². The molecule has 0 radical (unpaired) electrons. The molecule has 32 heavy (non-hydrogen) atoms. The van der Waals surface area contributed by atoms with Crippen molar-refractivity contribution < 1.29 is 22.7 Å². The molecule has 0 heterocycles. The van der Waals surface area contributed by atoms with Crippen molar-refractivity contribution in [2.75, 3.05) is 32.1 Å². The summed E-state index contributed by atoms with van der Waals surface area (Å²) < 4.78 is 31.4. The molecule has 0 aliphatic rings. The maximum Gasteiger partial charge on any atom is 0.319 e. The molecule has 0 aliphatic carbocycles. The fourth-order valence-electron chi connectivity index (χ4n) is 2.92. The van der Waals surface area contributed by atoms with Gasteiger partial charge in [-0.3, -0.25) is 4.79 Å². The predicted molar refractivity (Wildman–Crippen MR) is 123 cm³/mol. The number of methoxy groups -OCH3 is 1. The Morgan fingerprint density at radius 3 is 2.12 bits per heavy atom. The van der Waals surface area contributed by atoms with Crippen LogP contribution in [0.4, 0.5) is 10.5 Å². The minimum atomic E-state index is -3.50. The summed E-state index contributed by atoms with van der Waals surface area (Å²) in [6, 6.07) is 12.9. The van der Waals surface area contributed by atoms with E-state index in [4.69, 9.17) is 4.74 Å². The lowest BCUT2D eigenvalue weighted by atomic mass is 10.2. The Labute approximate surface area is 189 Å². The highest BCUT2D eigenvalue weighted by molar-refractivity contribution is 7.89. The van der Waals surface area contributed by atoms with Gasteiger partial charge in [0.1, 0.15) is 5.75 Å². The number of sulfonamides is 1. The van der Waals surface area contributed by atoms with Crippen molar-refractivity contribution in [2.45, 2.75) is 31.7 Å². The van der Waals surface area contributed by atoms with Crippen LogP contribution in [0.2, 0.25) is 0 Å². The van der Waals surface area contributed by atoms with Gasteiger partial charge in [0.2, 0.25) is 15.9 Å². The molecule has 0 bridgehead atoms. The van der Waals surface area contributed by atoms with E-state index in [1.54, 1.807) is 69.5 Å². The van der Waals surface area contributed by atoms with Crippen LogP contribution in [0.3, 0.4) is 0 Å². The van der Waals surface area contributed by atoms with Gasteiger partial charge in [-0.1, -0.05) is 26.0 Å². The molecule has 174 valence electrons. The van der Waals surface area contributed by atoms with E-state index in [1.165, 1.54) is 4.31 Å². The van der Waals surface area contributed by atoms with E-state index in [1.807, 2.05) is 0 Å². The quantitative estimate of drug-likeness (QED) is 0.475. The van der Waals surface area contributed by atoms with Gasteiger partial charge in [-0.05, 0) is 42.0 Å². The lowest BCUT2D eigenvalue weighted by Crippen LogP contribution is -2.33. The molecule has 10 heteroatoms. The number of hydrogen-bond acceptors (Lipinski definition) is 5. The van der Waals surface area contributed by atoms with Crippen LogP contribution in [-0.2, 0) is 21.4 Å². The van der Waals surface area contributed by atoms with Gasteiger partial charge in [0, 0.05) is 38.3 Å². The minimum Gasteiger partial charge on any atom is -0.497 e. The summed E-state index contributed by atoms with van der Waals surface area (Å²) in [5.41, 5.74) is 1.39. The maximum atomic E-state index is 12.5. The number of nitrogens with zero attached hydrogens (tertiary/aromatic N) is 1. The molecule has 3 N–H and O–H groups in total. The van der Waals surface area contributed by atoms with Crippen LogP contribution in [0.15, 0.2) is 53.4 Å². The van der Waals surface area contributed by atoms with Gasteiger partial charge in [-0.25, -0.2) is 13.2 Å². The number of hydrogen-bond donors (Lipinski definition) is 3. The summed E-state index contributed by atoms with van der Waals surface area (Å²) in [4.78, 5) is 24.1. The molecule has 0 aliphatic heterocycles. The van der Waals surface area contributed by atoms with Gasteiger partial charge in [-0.2, -0.15) is 4.31 Å². The molecule has 0 spiro atoms. The van der Waals surface area contributed by atoms with Crippen LogP contribution in [0.1, 0.15) is 25.8 Å². The first kappa shape index (κ1) is 25.2. The number of ether oxygens (including phenoxy) is 1. The third-order valence-corrected chi connectivity index (χ3v) is 6.81. The van der Waals surface area contributed by atoms with Crippen LogP contribution >= 0.6 is 0 Å². The standard InChI is InChI=1S/C22H30N4O5S/c1-4-26(5-2)32(29,30)20-12-6-17(7-13-20)16-24-21(27)14-15-23-22(28)25-18-8-10-19(31-3)11-9-18/h6-13H,4-5,14-16H2,1-3H3,(H,24,27)(H2,23,25,28). The Morgan fingerprint density at radius 2 is 1.56 bits per heavy atom. The number of rotatable bonds is 11. The molecular formula is C22H30N4O5S. The average Bonchev–Trinajstić information content (AvgIpc) is 2.79. The van der Waals surface area contributed by atoms with Crippen molar-refractivity contribution in [3.8, 4) is 5.75 Å². The van der Waals surface area contributed by atoms with Gasteiger partial charge >= 0.3 is 6.03 Å². The molecule has 2 aromatic carbocycles. The summed E-state index contributed by atoms with van der Waals surface area (Å²) in [6.45, 7) is 4.84. The fraction of sp³-hybridized carbons (Fsp3) is 0.364. The van der Waals surface area contributed by atoms with Crippen molar-refractivity contribution >= 4 is 27.6 Å². The molecule has 0 aromatic heterocycles. The van der Waals surface area contributed by atoms with Crippen LogP contribution < -0.4 is 20.7 Å². The summed E-state index contributed by atoms with van der Waals surface area (Å²) in [6.07, 6.45) is 0.116. The zero-order chi connectivity index (χ0) is 23.6. The second-order valence-electron chi connectivity index (χ2n) is 6.87. The molecule has 2 aromatic rings. The molecule has 2 rings (SSSR count). The molecule has 9 nitrogen and oxygen atoms in total. The predicted octanol–water partition coefficient (Wildman–Crippen LogP) is 2.55. The van der Waals surface area contributed by atoms with Crippen molar-refractivity contribution in [3.05, 3.63) is 54.1 Å². The molecule has 0 fully saturated rings. The average molecular weight is 463 g/mol. The fourth-order valence-corrected chi connectivity index (χ4v) is 4.38. The van der Waals surface area contributed by atoms with Crippen molar-refractivity contribution in [1.29, 1.82) is 0 Å². The molecule has 0 atom stereocenters. The smallest absolute Gasteiger partial charge is 0.319 e. The van der Waals surface area contributed by atoms with E-state index in [9.17, 15) is 18.0 Å². The number of carbonyl (C=O) groups excluding carboxylic acids is 2. The number of benzene rings is 2. The van der Waals surface area contributed by atoms with E-state index >= 15 is 0 Å². The molecule has 3 amide bonds. The van der Waals surface area contributed by atoms with Crippen LogP contribution in [0, 0.1) is 0 Å². The van der Waals surface area contributed by atoms with E-state index in [0.717, 1.165) is 5.56 Å². The topological polar surface area (TPSA) is 117 Å². The van der Waals surface area contributed by atoms with E-state index in [-0.39, 0.29) is 30.3 Å². The zero-order valence-electron chi connectivity index (χ0n) is 18.6. The number of carbonyl (C=O) groups is 2. The van der Waals surface area contributed by atoms with Crippen molar-refractivity contribution in [2.24, 2.45) is 0 Å². The summed E-state index contributed by atoms with van der Waals surface area (Å²) in [5.74, 6) is 0.461. The highest BCUT2D eigenvalue weighted by Crippen LogP contribution is 2.16. The summed E-state index contributed by atoms with van der Waals surface area (Å²) in [7, 11) is -1.94. The molecule has 0 saturated heterocycles. The highest BCUT2D eigenvalue weighted by atomic mass is 32.2. The Hall–Kier alpha value is -3.11. The van der Waals surface area contributed by atoms with Gasteiger partial charge < -0.3 is 20.7 Å². The number of amides is 3. The second kappa shape index (κ2) is 12.1. The number of anilines is 1. The van der Waals surface area contributed by atoms with E-state index in [2.05, 4.69) is 16.0 Å². The van der Waals surface area contributed by atoms with Crippen LogP contribution in [0.25, 0.3) is 0 Å². The second-order valence-corrected chi connectivity index (χ2v) is 8.81. The third-order valence-electron chi connectivity index (χ3n) is 4.74. The Bertz CT molecular complexity index is 988. The van der Waals surface area contributed by atoms with Gasteiger partial charge in [-0.15, -0.1) is 0 Å². The Kier molecular flexibility index (Phi) is 9.48. The summed E-state index contributed by atoms with van der Waals surface area (Å²) in [5, 5.41) is 8.04. The number of urea groups is 1. The monoisotopic (exact) mass is 462 g/mol. The van der Waals surface area contributed by atoms with E-state index in [0.29, 0.717) is 24.5 Å². The van der Waals surface area contributed by atoms with Gasteiger partial charge in [0.05, 0.1) is 12.0 Å². The largest absolute Gasteiger partial charge is 0.497 e. The maximum absolute atomic E-state index is 12.5. The molecule has 0 saturated carbocycles. The van der Waals surface area contributed by atoms with Gasteiger partial charge in [0.15, 0.2) is 0 Å². The third kappa shape index (κ3) is 7.24. The Morgan fingerprint density at radius 1 is 0.938 bits per heavy atom. The van der Waals surface area contributed by atoms with Gasteiger partial charge in [0.25, 0.3) is 0 Å². The first-order chi connectivity index (χ1) is 15.3. The van der Waals surface area contributed by atoms with Crippen molar-refractivity contribution in [1.82, 2.24) is 14.9 Å². The summed E-state index contributed by atoms with van der Waals surface area (Å²) >= 11 is 0. The normalized spacial score (nSPS) is 11.1. The zero-order valence-corrected chi connectivity index (χ0v) is 19.4. The minimum absolute atomic E-state index is 0.116. The highest BCUT2D eigenvalue weighted by Gasteiger charge is 2.21. The van der Waals surface area contributed by atoms with Crippen molar-refractivity contribution in [3.63, 3.8) is 0 Å². The lowest BCUT2D eigenvalue weighted by molar-refractivity contribution is -0.121. The SMILES string of the molecule is CCN(CC)S(=O)(=O)c1ccc(CNC(=O)CCNC(=O)Nc2ccc(OC)cc2)cc1. The van der Waals surface area contributed by atoms with Crippen LogP contribution in [0.5, 0.6) is 5.75 Å². The first-order valence-corrected chi connectivity index (χ1v) is 11.8. The Balaban J connectivity index is 1.74. The molecular weight excluding hydrogens is 432 g/mol. The van der Waals surface area contributed by atoms with Crippen LogP contribution in [-0.4, -0.2) is 51.4 Å². The first-order valence-electron chi connectivity index (χ1n) is 10.3.